The predicted molar refractivity (Wildman–Crippen MR) is 89.1 cm³/mol. The van der Waals surface area contributed by atoms with Crippen molar-refractivity contribution in [2.75, 3.05) is 13.2 Å². The van der Waals surface area contributed by atoms with E-state index in [1.807, 2.05) is 13.8 Å². The first kappa shape index (κ1) is 17.1. The zero-order chi connectivity index (χ0) is 16.8. The maximum atomic E-state index is 12.5. The molecule has 0 aromatic heterocycles. The maximum Gasteiger partial charge on any atom is 0.264 e. The maximum absolute atomic E-state index is 12.5. The molecule has 0 spiro atoms. The van der Waals surface area contributed by atoms with E-state index in [0.717, 1.165) is 30.5 Å². The highest BCUT2D eigenvalue weighted by molar-refractivity contribution is 5.95. The number of hydrogen-bond donors (Lipinski definition) is 1. The van der Waals surface area contributed by atoms with Crippen molar-refractivity contribution in [3.05, 3.63) is 41.1 Å². The van der Waals surface area contributed by atoms with Crippen LogP contribution in [0.3, 0.4) is 0 Å². The molecule has 2 N–H and O–H groups in total. The van der Waals surface area contributed by atoms with Gasteiger partial charge in [-0.05, 0) is 57.2 Å². The number of carbonyl (C=O) groups is 2. The van der Waals surface area contributed by atoms with Crippen molar-refractivity contribution in [2.24, 2.45) is 5.73 Å². The van der Waals surface area contributed by atoms with Crippen LogP contribution in [0.1, 0.15) is 48.5 Å². The van der Waals surface area contributed by atoms with Crippen LogP contribution in [-0.2, 0) is 4.79 Å². The molecule has 1 aliphatic carbocycles. The molecule has 124 valence electrons. The number of rotatable bonds is 6. The van der Waals surface area contributed by atoms with E-state index >= 15 is 0 Å². The van der Waals surface area contributed by atoms with Crippen LogP contribution >= 0.6 is 0 Å². The Hall–Kier alpha value is -2.30. The molecule has 0 saturated carbocycles. The molecule has 1 aromatic rings. The molecule has 2 amide bonds. The van der Waals surface area contributed by atoms with E-state index in [2.05, 4.69) is 6.08 Å². The fourth-order valence-corrected chi connectivity index (χ4v) is 2.78. The molecule has 0 unspecified atom stereocenters. The number of amides is 2. The summed E-state index contributed by atoms with van der Waals surface area (Å²) in [6.07, 6.45) is 6.36. The van der Waals surface area contributed by atoms with E-state index in [1.54, 1.807) is 23.1 Å². The Morgan fingerprint density at radius 2 is 2.09 bits per heavy atom. The first-order valence-corrected chi connectivity index (χ1v) is 8.05. The van der Waals surface area contributed by atoms with Gasteiger partial charge in [0.1, 0.15) is 5.75 Å². The monoisotopic (exact) mass is 316 g/mol. The molecule has 0 fully saturated rings. The fraction of sp³-hybridized carbons (Fsp3) is 0.444. The normalized spacial score (nSPS) is 14.1. The lowest BCUT2D eigenvalue weighted by Gasteiger charge is -2.26. The van der Waals surface area contributed by atoms with Gasteiger partial charge in [-0.2, -0.15) is 0 Å². The SMILES string of the molecule is CCN(C(=O)COc1cc(C)ccc1C(N)=O)C1=CCCCC1. The van der Waals surface area contributed by atoms with Crippen LogP contribution in [0, 0.1) is 6.92 Å². The molecule has 2 rings (SSSR count). The van der Waals surface area contributed by atoms with E-state index in [1.165, 1.54) is 6.42 Å². The van der Waals surface area contributed by atoms with Crippen LogP contribution in [0.25, 0.3) is 0 Å². The van der Waals surface area contributed by atoms with Gasteiger partial charge in [-0.1, -0.05) is 12.1 Å². The lowest BCUT2D eigenvalue weighted by molar-refractivity contribution is -0.131. The van der Waals surface area contributed by atoms with Gasteiger partial charge >= 0.3 is 0 Å². The van der Waals surface area contributed by atoms with Crippen LogP contribution in [0.15, 0.2) is 30.0 Å². The van der Waals surface area contributed by atoms with Crippen molar-refractivity contribution in [1.82, 2.24) is 4.90 Å². The van der Waals surface area contributed by atoms with Gasteiger partial charge in [0, 0.05) is 12.2 Å². The first-order valence-electron chi connectivity index (χ1n) is 8.05. The highest BCUT2D eigenvalue weighted by Gasteiger charge is 2.19. The molecule has 1 aliphatic rings. The molecule has 0 saturated heterocycles. The van der Waals surface area contributed by atoms with Gasteiger partial charge in [-0.25, -0.2) is 0 Å². The molecule has 5 heteroatoms. The van der Waals surface area contributed by atoms with Gasteiger partial charge in [-0.15, -0.1) is 0 Å². The zero-order valence-electron chi connectivity index (χ0n) is 13.8. The summed E-state index contributed by atoms with van der Waals surface area (Å²) in [5.41, 5.74) is 7.67. The summed E-state index contributed by atoms with van der Waals surface area (Å²) in [5.74, 6) is -0.299. The van der Waals surface area contributed by atoms with Crippen molar-refractivity contribution >= 4 is 11.8 Å². The Morgan fingerprint density at radius 1 is 1.30 bits per heavy atom. The number of benzene rings is 1. The number of likely N-dealkylation sites (N-methyl/N-ethyl adjacent to an activating group) is 1. The summed E-state index contributed by atoms with van der Waals surface area (Å²) >= 11 is 0. The fourth-order valence-electron chi connectivity index (χ4n) is 2.78. The van der Waals surface area contributed by atoms with Crippen molar-refractivity contribution < 1.29 is 14.3 Å². The summed E-state index contributed by atoms with van der Waals surface area (Å²) in [6.45, 7) is 4.36. The van der Waals surface area contributed by atoms with Crippen molar-refractivity contribution in [1.29, 1.82) is 0 Å². The lowest BCUT2D eigenvalue weighted by Crippen LogP contribution is -2.35. The van der Waals surface area contributed by atoms with Crippen LogP contribution < -0.4 is 10.5 Å². The molecular formula is C18H24N2O3. The van der Waals surface area contributed by atoms with Gasteiger partial charge in [0.25, 0.3) is 11.8 Å². The number of hydrogen-bond acceptors (Lipinski definition) is 3. The second-order valence-corrected chi connectivity index (χ2v) is 5.73. The number of allylic oxidation sites excluding steroid dienone is 2. The Kier molecular flexibility index (Phi) is 5.79. The molecule has 0 heterocycles. The predicted octanol–water partition coefficient (Wildman–Crippen LogP) is 2.78. The molecule has 0 radical (unpaired) electrons. The average Bonchev–Trinajstić information content (AvgIpc) is 2.54. The Labute approximate surface area is 137 Å². The summed E-state index contributed by atoms with van der Waals surface area (Å²) < 4.78 is 5.60. The first-order chi connectivity index (χ1) is 11.0. The van der Waals surface area contributed by atoms with E-state index < -0.39 is 5.91 Å². The molecule has 23 heavy (non-hydrogen) atoms. The third kappa shape index (κ3) is 4.34. The van der Waals surface area contributed by atoms with Crippen LogP contribution in [0.5, 0.6) is 5.75 Å². The standard InChI is InChI=1S/C18H24N2O3/c1-3-20(14-7-5-4-6-8-14)17(21)12-23-16-11-13(2)9-10-15(16)18(19)22/h7,9-11H,3-6,8,12H2,1-2H3,(H2,19,22). The van der Waals surface area contributed by atoms with Crippen LogP contribution in [0.4, 0.5) is 0 Å². The van der Waals surface area contributed by atoms with Crippen molar-refractivity contribution in [3.8, 4) is 5.75 Å². The second kappa shape index (κ2) is 7.81. The third-order valence-electron chi connectivity index (χ3n) is 3.98. The molecule has 0 bridgehead atoms. The molecule has 5 nitrogen and oxygen atoms in total. The van der Waals surface area contributed by atoms with Gasteiger partial charge in [0.15, 0.2) is 6.61 Å². The smallest absolute Gasteiger partial charge is 0.264 e. The minimum atomic E-state index is -0.560. The summed E-state index contributed by atoms with van der Waals surface area (Å²) in [4.78, 5) is 25.7. The minimum absolute atomic E-state index is 0.0995. The number of nitrogens with zero attached hydrogens (tertiary/aromatic N) is 1. The second-order valence-electron chi connectivity index (χ2n) is 5.73. The third-order valence-corrected chi connectivity index (χ3v) is 3.98. The Morgan fingerprint density at radius 3 is 2.70 bits per heavy atom. The van der Waals surface area contributed by atoms with E-state index in [-0.39, 0.29) is 12.5 Å². The number of aryl methyl sites for hydroxylation is 1. The van der Waals surface area contributed by atoms with Gasteiger partial charge < -0.3 is 15.4 Å². The molecule has 0 aliphatic heterocycles. The van der Waals surface area contributed by atoms with E-state index in [0.29, 0.717) is 17.9 Å². The molecule has 1 aromatic carbocycles. The van der Waals surface area contributed by atoms with Crippen molar-refractivity contribution in [2.45, 2.75) is 39.5 Å². The minimum Gasteiger partial charge on any atom is -0.483 e. The Bertz CT molecular complexity index is 623. The molecular weight excluding hydrogens is 292 g/mol. The summed E-state index contributed by atoms with van der Waals surface area (Å²) in [7, 11) is 0. The number of ether oxygens (including phenoxy) is 1. The van der Waals surface area contributed by atoms with E-state index in [4.69, 9.17) is 10.5 Å². The molecule has 0 atom stereocenters. The van der Waals surface area contributed by atoms with E-state index in [9.17, 15) is 9.59 Å². The van der Waals surface area contributed by atoms with Crippen LogP contribution in [0.2, 0.25) is 0 Å². The van der Waals surface area contributed by atoms with Gasteiger partial charge in [0.05, 0.1) is 5.56 Å². The number of nitrogens with two attached hydrogens (primary N) is 1. The summed E-state index contributed by atoms with van der Waals surface area (Å²) in [6, 6.07) is 5.14. The quantitative estimate of drug-likeness (QED) is 0.877. The highest BCUT2D eigenvalue weighted by Crippen LogP contribution is 2.22. The lowest BCUT2D eigenvalue weighted by atomic mass is 10.0. The average molecular weight is 316 g/mol. The topological polar surface area (TPSA) is 72.6 Å². The highest BCUT2D eigenvalue weighted by atomic mass is 16.5. The van der Waals surface area contributed by atoms with Crippen LogP contribution in [-0.4, -0.2) is 29.9 Å². The van der Waals surface area contributed by atoms with Gasteiger partial charge in [-0.3, -0.25) is 9.59 Å². The number of primary amides is 1. The van der Waals surface area contributed by atoms with Crippen molar-refractivity contribution in [3.63, 3.8) is 0 Å². The number of carbonyl (C=O) groups excluding carboxylic acids is 2. The Balaban J connectivity index is 2.07. The summed E-state index contributed by atoms with van der Waals surface area (Å²) in [5, 5.41) is 0. The zero-order valence-corrected chi connectivity index (χ0v) is 13.8. The van der Waals surface area contributed by atoms with Gasteiger partial charge in [0.2, 0.25) is 0 Å². The largest absolute Gasteiger partial charge is 0.483 e.